The van der Waals surface area contributed by atoms with E-state index in [1.807, 2.05) is 6.07 Å². The maximum atomic E-state index is 13.9. The highest BCUT2D eigenvalue weighted by Crippen LogP contribution is 2.25. The number of anilines is 1. The zero-order valence-corrected chi connectivity index (χ0v) is 17.6. The first-order valence-electron chi connectivity index (χ1n) is 9.09. The lowest BCUT2D eigenvalue weighted by Crippen LogP contribution is -2.14. The Hall–Kier alpha value is -3.13. The number of amides is 1. The molecule has 3 aromatic rings. The zero-order chi connectivity index (χ0) is 21.7. The lowest BCUT2D eigenvalue weighted by atomic mass is 10.0. The first-order chi connectivity index (χ1) is 14.4. The average molecular weight is 439 g/mol. The number of carbonyl (C=O) groups is 1. The maximum absolute atomic E-state index is 13.9. The number of hydrogen-bond acceptors (Lipinski definition) is 2. The molecular weight excluding hydrogens is 422 g/mol. The monoisotopic (exact) mass is 438 g/mol. The van der Waals surface area contributed by atoms with Gasteiger partial charge in [-0.15, -0.1) is 0 Å². The van der Waals surface area contributed by atoms with Gasteiger partial charge in [0.05, 0.1) is 0 Å². The fraction of sp³-hybridized carbons (Fsp3) is 0.0833. The molecule has 0 aromatic heterocycles. The van der Waals surface area contributed by atoms with Crippen LogP contribution in [0.25, 0.3) is 6.08 Å². The van der Waals surface area contributed by atoms with E-state index in [-0.39, 0.29) is 11.4 Å². The largest absolute Gasteiger partial charge is 0.321 e. The minimum atomic E-state index is -0.547. The van der Waals surface area contributed by atoms with Crippen LogP contribution in [0.3, 0.4) is 0 Å². The molecule has 0 aliphatic carbocycles. The summed E-state index contributed by atoms with van der Waals surface area (Å²) in [5.74, 6) is -0.841. The van der Waals surface area contributed by atoms with Gasteiger partial charge in [-0.2, -0.15) is 5.26 Å². The number of benzene rings is 3. The molecule has 0 saturated heterocycles. The second kappa shape index (κ2) is 9.58. The quantitative estimate of drug-likeness (QED) is 0.361. The summed E-state index contributed by atoms with van der Waals surface area (Å²) >= 11 is 12.4. The Morgan fingerprint density at radius 2 is 1.83 bits per heavy atom. The topological polar surface area (TPSA) is 52.9 Å². The van der Waals surface area contributed by atoms with Crippen LogP contribution in [0.4, 0.5) is 10.1 Å². The second-order valence-electron chi connectivity index (χ2n) is 6.66. The van der Waals surface area contributed by atoms with Crippen molar-refractivity contribution in [2.75, 3.05) is 5.32 Å². The molecule has 0 fully saturated rings. The van der Waals surface area contributed by atoms with E-state index in [2.05, 4.69) is 5.32 Å². The van der Waals surface area contributed by atoms with Crippen LogP contribution in [0.5, 0.6) is 0 Å². The summed E-state index contributed by atoms with van der Waals surface area (Å²) in [6, 6.07) is 18.7. The third-order valence-corrected chi connectivity index (χ3v) is 5.37. The van der Waals surface area contributed by atoms with Gasteiger partial charge in [0.2, 0.25) is 0 Å². The molecule has 0 bridgehead atoms. The summed E-state index contributed by atoms with van der Waals surface area (Å²) in [6.45, 7) is 1.78. The van der Waals surface area contributed by atoms with Crippen molar-refractivity contribution in [2.24, 2.45) is 0 Å². The Morgan fingerprint density at radius 1 is 1.07 bits per heavy atom. The Morgan fingerprint density at radius 3 is 2.53 bits per heavy atom. The molecule has 0 spiro atoms. The summed E-state index contributed by atoms with van der Waals surface area (Å²) < 4.78 is 13.9. The van der Waals surface area contributed by atoms with Gasteiger partial charge in [0.15, 0.2) is 0 Å². The zero-order valence-electron chi connectivity index (χ0n) is 16.0. The molecule has 1 amide bonds. The van der Waals surface area contributed by atoms with Crippen molar-refractivity contribution in [3.05, 3.63) is 104 Å². The van der Waals surface area contributed by atoms with Crippen molar-refractivity contribution in [2.45, 2.75) is 13.3 Å². The molecule has 0 aliphatic heterocycles. The van der Waals surface area contributed by atoms with Crippen LogP contribution in [0.15, 0.2) is 66.2 Å². The molecule has 3 nitrogen and oxygen atoms in total. The van der Waals surface area contributed by atoms with Gasteiger partial charge in [-0.25, -0.2) is 4.39 Å². The number of hydrogen-bond donors (Lipinski definition) is 1. The van der Waals surface area contributed by atoms with Gasteiger partial charge < -0.3 is 5.32 Å². The standard InChI is InChI=1S/C24H17Cl2FN2O/c1-15-20(25)6-4-8-23(15)29-24(30)19(14-28)11-16-9-10-17(21(26)12-16)13-18-5-2-3-7-22(18)27/h2-12H,13H2,1H3,(H,29,30)/b19-11+. The van der Waals surface area contributed by atoms with Crippen molar-refractivity contribution >= 4 is 40.9 Å². The Balaban J connectivity index is 1.81. The number of carbonyl (C=O) groups excluding carboxylic acids is 1. The molecule has 3 rings (SSSR count). The predicted molar refractivity (Wildman–Crippen MR) is 119 cm³/mol. The number of nitrogens with zero attached hydrogens (tertiary/aromatic N) is 1. The Labute approximate surface area is 184 Å². The molecule has 0 radical (unpaired) electrons. The molecule has 3 aromatic carbocycles. The maximum Gasteiger partial charge on any atom is 0.266 e. The van der Waals surface area contributed by atoms with Crippen LogP contribution in [0.2, 0.25) is 10.0 Å². The number of nitrogens with one attached hydrogen (secondary N) is 1. The summed E-state index contributed by atoms with van der Waals surface area (Å²) in [7, 11) is 0. The molecule has 1 N–H and O–H groups in total. The van der Waals surface area contributed by atoms with E-state index < -0.39 is 5.91 Å². The highest BCUT2D eigenvalue weighted by Gasteiger charge is 2.13. The third-order valence-electron chi connectivity index (χ3n) is 4.61. The first-order valence-corrected chi connectivity index (χ1v) is 9.84. The van der Waals surface area contributed by atoms with E-state index in [1.165, 1.54) is 12.1 Å². The molecule has 6 heteroatoms. The molecule has 0 saturated carbocycles. The van der Waals surface area contributed by atoms with Gasteiger partial charge >= 0.3 is 0 Å². The van der Waals surface area contributed by atoms with Crippen molar-refractivity contribution in [1.82, 2.24) is 0 Å². The summed E-state index contributed by atoms with van der Waals surface area (Å²) in [4.78, 5) is 12.5. The van der Waals surface area contributed by atoms with Gasteiger partial charge in [0, 0.05) is 22.2 Å². The van der Waals surface area contributed by atoms with Crippen LogP contribution in [0, 0.1) is 24.1 Å². The molecule has 30 heavy (non-hydrogen) atoms. The smallest absolute Gasteiger partial charge is 0.266 e. The van der Waals surface area contributed by atoms with Gasteiger partial charge in [0.25, 0.3) is 5.91 Å². The number of halogens is 3. The third kappa shape index (κ3) is 5.07. The molecule has 0 heterocycles. The van der Waals surface area contributed by atoms with Crippen LogP contribution >= 0.6 is 23.2 Å². The minimum absolute atomic E-state index is 0.0766. The van der Waals surface area contributed by atoms with Crippen molar-refractivity contribution < 1.29 is 9.18 Å². The highest BCUT2D eigenvalue weighted by molar-refractivity contribution is 6.32. The minimum Gasteiger partial charge on any atom is -0.321 e. The molecule has 0 aliphatic rings. The first kappa shape index (κ1) is 21.6. The van der Waals surface area contributed by atoms with Gasteiger partial charge in [0.1, 0.15) is 17.5 Å². The fourth-order valence-corrected chi connectivity index (χ4v) is 3.32. The van der Waals surface area contributed by atoms with E-state index in [4.69, 9.17) is 23.2 Å². The summed E-state index contributed by atoms with van der Waals surface area (Å²) in [5.41, 5.74) is 3.05. The van der Waals surface area contributed by atoms with Crippen molar-refractivity contribution in [1.29, 1.82) is 5.26 Å². The van der Waals surface area contributed by atoms with Crippen LogP contribution in [-0.2, 0) is 11.2 Å². The van der Waals surface area contributed by atoms with Gasteiger partial charge in [-0.3, -0.25) is 4.79 Å². The average Bonchev–Trinajstić information content (AvgIpc) is 2.73. The number of rotatable bonds is 5. The number of nitriles is 1. The van der Waals surface area contributed by atoms with E-state index >= 15 is 0 Å². The second-order valence-corrected chi connectivity index (χ2v) is 7.47. The summed E-state index contributed by atoms with van der Waals surface area (Å²) in [6.07, 6.45) is 1.79. The Kier molecular flexibility index (Phi) is 6.89. The van der Waals surface area contributed by atoms with Crippen molar-refractivity contribution in [3.63, 3.8) is 0 Å². The lowest BCUT2D eigenvalue weighted by molar-refractivity contribution is -0.112. The predicted octanol–water partition coefficient (Wildman–Crippen LogP) is 6.58. The summed E-state index contributed by atoms with van der Waals surface area (Å²) in [5, 5.41) is 13.1. The molecule has 0 atom stereocenters. The van der Waals surface area contributed by atoms with E-state index in [1.54, 1.807) is 61.5 Å². The fourth-order valence-electron chi connectivity index (χ4n) is 2.89. The van der Waals surface area contributed by atoms with Gasteiger partial charge in [-0.05, 0) is 59.5 Å². The van der Waals surface area contributed by atoms with Crippen molar-refractivity contribution in [3.8, 4) is 6.07 Å². The molecule has 0 unspecified atom stereocenters. The Bertz CT molecular complexity index is 1180. The SMILES string of the molecule is Cc1c(Cl)cccc1NC(=O)/C(C#N)=C/c1ccc(Cc2ccccc2F)c(Cl)c1. The van der Waals surface area contributed by atoms with Crippen LogP contribution < -0.4 is 5.32 Å². The molecule has 150 valence electrons. The highest BCUT2D eigenvalue weighted by atomic mass is 35.5. The molecular formula is C24H17Cl2FN2O. The van der Waals surface area contributed by atoms with Crippen LogP contribution in [0.1, 0.15) is 22.3 Å². The van der Waals surface area contributed by atoms with E-state index in [0.29, 0.717) is 38.8 Å². The van der Waals surface area contributed by atoms with Gasteiger partial charge in [-0.1, -0.05) is 59.6 Å². The van der Waals surface area contributed by atoms with E-state index in [0.717, 1.165) is 5.56 Å². The normalized spacial score (nSPS) is 11.1. The lowest BCUT2D eigenvalue weighted by Gasteiger charge is -2.09. The van der Waals surface area contributed by atoms with Crippen LogP contribution in [-0.4, -0.2) is 5.91 Å². The van der Waals surface area contributed by atoms with E-state index in [9.17, 15) is 14.4 Å².